The minimum absolute atomic E-state index is 0.775. The molecule has 0 aliphatic heterocycles. The molecule has 1 aromatic heterocycles. The summed E-state index contributed by atoms with van der Waals surface area (Å²) in [5.41, 5.74) is 9.71. The predicted octanol–water partition coefficient (Wildman–Crippen LogP) is 4.06. The Bertz CT molecular complexity index is 642. The zero-order valence-electron chi connectivity index (χ0n) is 9.71. The summed E-state index contributed by atoms with van der Waals surface area (Å²) in [6.45, 7) is 0. The highest BCUT2D eigenvalue weighted by atomic mass is 32.1. The minimum Gasteiger partial charge on any atom is -0.399 e. The molecular formula is C15H12N2S. The third-order valence-electron chi connectivity index (χ3n) is 2.73. The Balaban J connectivity index is 1.97. The minimum atomic E-state index is 0.775. The Morgan fingerprint density at radius 1 is 0.833 bits per heavy atom. The average Bonchev–Trinajstić information content (AvgIpc) is 2.90. The SMILES string of the molecule is Nc1ccc(-c2csc(-c3ccccc3)n2)cc1. The summed E-state index contributed by atoms with van der Waals surface area (Å²) in [5.74, 6) is 0. The lowest BCUT2D eigenvalue weighted by molar-refractivity contribution is 1.40. The molecule has 0 bridgehead atoms. The van der Waals surface area contributed by atoms with E-state index in [1.165, 1.54) is 0 Å². The van der Waals surface area contributed by atoms with Gasteiger partial charge in [-0.05, 0) is 12.1 Å². The van der Waals surface area contributed by atoms with Gasteiger partial charge in [-0.15, -0.1) is 11.3 Å². The summed E-state index contributed by atoms with van der Waals surface area (Å²) >= 11 is 1.66. The van der Waals surface area contributed by atoms with Crippen LogP contribution in [-0.2, 0) is 0 Å². The summed E-state index contributed by atoms with van der Waals surface area (Å²) in [6, 6.07) is 18.0. The van der Waals surface area contributed by atoms with Gasteiger partial charge in [-0.1, -0.05) is 42.5 Å². The van der Waals surface area contributed by atoms with Gasteiger partial charge in [0, 0.05) is 22.2 Å². The van der Waals surface area contributed by atoms with Gasteiger partial charge in [-0.25, -0.2) is 4.98 Å². The van der Waals surface area contributed by atoms with Crippen molar-refractivity contribution in [2.24, 2.45) is 0 Å². The third kappa shape index (κ3) is 2.13. The maximum atomic E-state index is 5.68. The fourth-order valence-electron chi connectivity index (χ4n) is 1.77. The van der Waals surface area contributed by atoms with Crippen LogP contribution >= 0.6 is 11.3 Å². The molecular weight excluding hydrogens is 240 g/mol. The van der Waals surface area contributed by atoms with E-state index in [1.54, 1.807) is 11.3 Å². The van der Waals surface area contributed by atoms with Gasteiger partial charge in [0.25, 0.3) is 0 Å². The van der Waals surface area contributed by atoms with E-state index in [1.807, 2.05) is 42.5 Å². The van der Waals surface area contributed by atoms with Crippen LogP contribution in [0.1, 0.15) is 0 Å². The van der Waals surface area contributed by atoms with Crippen molar-refractivity contribution in [2.45, 2.75) is 0 Å². The fraction of sp³-hybridized carbons (Fsp3) is 0. The molecule has 0 aliphatic rings. The van der Waals surface area contributed by atoms with Crippen LogP contribution in [0.3, 0.4) is 0 Å². The topological polar surface area (TPSA) is 38.9 Å². The van der Waals surface area contributed by atoms with E-state index in [4.69, 9.17) is 5.73 Å². The Labute approximate surface area is 110 Å². The maximum absolute atomic E-state index is 5.68. The van der Waals surface area contributed by atoms with Crippen molar-refractivity contribution in [2.75, 3.05) is 5.73 Å². The van der Waals surface area contributed by atoms with Crippen molar-refractivity contribution < 1.29 is 0 Å². The highest BCUT2D eigenvalue weighted by Gasteiger charge is 2.05. The molecule has 0 saturated carbocycles. The van der Waals surface area contributed by atoms with Crippen molar-refractivity contribution in [1.82, 2.24) is 4.98 Å². The van der Waals surface area contributed by atoms with Crippen molar-refractivity contribution in [3.8, 4) is 21.8 Å². The predicted molar refractivity (Wildman–Crippen MR) is 77.4 cm³/mol. The van der Waals surface area contributed by atoms with Crippen molar-refractivity contribution in [1.29, 1.82) is 0 Å². The molecule has 1 heterocycles. The molecule has 88 valence electrons. The first-order valence-electron chi connectivity index (χ1n) is 5.70. The van der Waals surface area contributed by atoms with Gasteiger partial charge in [0.15, 0.2) is 0 Å². The number of anilines is 1. The molecule has 2 N–H and O–H groups in total. The van der Waals surface area contributed by atoms with Crippen LogP contribution in [0, 0.1) is 0 Å². The van der Waals surface area contributed by atoms with E-state index in [2.05, 4.69) is 22.5 Å². The van der Waals surface area contributed by atoms with Gasteiger partial charge in [-0.3, -0.25) is 0 Å². The van der Waals surface area contributed by atoms with Crippen LogP contribution < -0.4 is 5.73 Å². The van der Waals surface area contributed by atoms with Crippen LogP contribution in [-0.4, -0.2) is 4.98 Å². The Hall–Kier alpha value is -2.13. The van der Waals surface area contributed by atoms with E-state index in [0.29, 0.717) is 0 Å². The maximum Gasteiger partial charge on any atom is 0.124 e. The number of thiazole rings is 1. The molecule has 0 atom stereocenters. The standard InChI is InChI=1S/C15H12N2S/c16-13-8-6-11(7-9-13)14-10-18-15(17-14)12-4-2-1-3-5-12/h1-10H,16H2. The smallest absolute Gasteiger partial charge is 0.124 e. The number of nitrogens with zero attached hydrogens (tertiary/aromatic N) is 1. The molecule has 0 saturated heterocycles. The lowest BCUT2D eigenvalue weighted by atomic mass is 10.1. The van der Waals surface area contributed by atoms with Gasteiger partial charge < -0.3 is 5.73 Å². The zero-order valence-corrected chi connectivity index (χ0v) is 10.5. The van der Waals surface area contributed by atoms with Crippen LogP contribution in [0.15, 0.2) is 60.0 Å². The second kappa shape index (κ2) is 4.63. The number of nitrogens with two attached hydrogens (primary N) is 1. The summed E-state index contributed by atoms with van der Waals surface area (Å²) < 4.78 is 0. The molecule has 2 nitrogen and oxygen atoms in total. The first-order valence-corrected chi connectivity index (χ1v) is 6.58. The van der Waals surface area contributed by atoms with E-state index in [0.717, 1.165) is 27.5 Å². The average molecular weight is 252 g/mol. The zero-order chi connectivity index (χ0) is 12.4. The van der Waals surface area contributed by atoms with Crippen molar-refractivity contribution in [3.05, 3.63) is 60.0 Å². The Kier molecular flexibility index (Phi) is 2.82. The second-order valence-electron chi connectivity index (χ2n) is 4.03. The van der Waals surface area contributed by atoms with Gasteiger partial charge in [0.2, 0.25) is 0 Å². The summed E-state index contributed by atoms with van der Waals surface area (Å²) in [4.78, 5) is 4.66. The monoisotopic (exact) mass is 252 g/mol. The number of hydrogen-bond donors (Lipinski definition) is 1. The fourth-order valence-corrected chi connectivity index (χ4v) is 2.61. The van der Waals surface area contributed by atoms with Gasteiger partial charge in [-0.2, -0.15) is 0 Å². The normalized spacial score (nSPS) is 10.4. The first kappa shape index (κ1) is 11.0. The number of hydrogen-bond acceptors (Lipinski definition) is 3. The third-order valence-corrected chi connectivity index (χ3v) is 3.62. The highest BCUT2D eigenvalue weighted by molar-refractivity contribution is 7.13. The number of rotatable bonds is 2. The molecule has 0 fully saturated rings. The molecule has 2 aromatic carbocycles. The van der Waals surface area contributed by atoms with E-state index >= 15 is 0 Å². The Morgan fingerprint density at radius 3 is 2.28 bits per heavy atom. The van der Waals surface area contributed by atoms with E-state index in [-0.39, 0.29) is 0 Å². The molecule has 0 unspecified atom stereocenters. The second-order valence-corrected chi connectivity index (χ2v) is 4.88. The van der Waals surface area contributed by atoms with Gasteiger partial charge in [0.05, 0.1) is 5.69 Å². The Morgan fingerprint density at radius 2 is 1.56 bits per heavy atom. The summed E-state index contributed by atoms with van der Waals surface area (Å²) in [5, 5.41) is 3.12. The summed E-state index contributed by atoms with van der Waals surface area (Å²) in [6.07, 6.45) is 0. The van der Waals surface area contributed by atoms with E-state index < -0.39 is 0 Å². The van der Waals surface area contributed by atoms with Crippen LogP contribution in [0.2, 0.25) is 0 Å². The van der Waals surface area contributed by atoms with Crippen LogP contribution in [0.25, 0.3) is 21.8 Å². The van der Waals surface area contributed by atoms with E-state index in [9.17, 15) is 0 Å². The molecule has 3 aromatic rings. The molecule has 0 radical (unpaired) electrons. The van der Waals surface area contributed by atoms with Gasteiger partial charge in [0.1, 0.15) is 5.01 Å². The molecule has 3 heteroatoms. The quantitative estimate of drug-likeness (QED) is 0.698. The molecule has 0 aliphatic carbocycles. The number of aromatic nitrogens is 1. The lowest BCUT2D eigenvalue weighted by Crippen LogP contribution is -1.84. The molecule has 18 heavy (non-hydrogen) atoms. The molecule has 0 amide bonds. The molecule has 0 spiro atoms. The first-order chi connectivity index (χ1) is 8.83. The van der Waals surface area contributed by atoms with Crippen molar-refractivity contribution in [3.63, 3.8) is 0 Å². The number of benzene rings is 2. The largest absolute Gasteiger partial charge is 0.399 e. The highest BCUT2D eigenvalue weighted by Crippen LogP contribution is 2.28. The van der Waals surface area contributed by atoms with Crippen molar-refractivity contribution >= 4 is 17.0 Å². The van der Waals surface area contributed by atoms with Gasteiger partial charge >= 0.3 is 0 Å². The number of nitrogen functional groups attached to an aromatic ring is 1. The van der Waals surface area contributed by atoms with Crippen LogP contribution in [0.5, 0.6) is 0 Å². The summed E-state index contributed by atoms with van der Waals surface area (Å²) in [7, 11) is 0. The van der Waals surface area contributed by atoms with Crippen LogP contribution in [0.4, 0.5) is 5.69 Å². The molecule has 3 rings (SSSR count). The lowest BCUT2D eigenvalue weighted by Gasteiger charge is -1.97.